The molecule has 0 bridgehead atoms. The Hall–Kier alpha value is -1.28. The summed E-state index contributed by atoms with van der Waals surface area (Å²) >= 11 is 0. The average molecular weight is 335 g/mol. The Bertz CT molecular complexity index is 412. The lowest BCUT2D eigenvalue weighted by Crippen LogP contribution is -2.41. The van der Waals surface area contributed by atoms with E-state index in [4.69, 9.17) is 5.26 Å². The number of carbonyl (C=O) groups excluding carboxylic acids is 1. The fourth-order valence-electron chi connectivity index (χ4n) is 3.90. The van der Waals surface area contributed by atoms with Crippen LogP contribution in [0.4, 0.5) is 0 Å². The Morgan fingerprint density at radius 1 is 1.17 bits per heavy atom. The number of nitrogens with one attached hydrogen (secondary N) is 2. The lowest BCUT2D eigenvalue weighted by molar-refractivity contribution is -0.126. The van der Waals surface area contributed by atoms with Gasteiger partial charge in [-0.05, 0) is 57.5 Å². The summed E-state index contributed by atoms with van der Waals surface area (Å²) in [5.74, 6) is 1.13. The highest BCUT2D eigenvalue weighted by atomic mass is 16.2. The Balaban J connectivity index is 1.55. The summed E-state index contributed by atoms with van der Waals surface area (Å²) in [6, 6.07) is 0.166. The third-order valence-corrected chi connectivity index (χ3v) is 5.53. The molecule has 2 fully saturated rings. The van der Waals surface area contributed by atoms with Crippen molar-refractivity contribution in [2.75, 3.05) is 26.2 Å². The monoisotopic (exact) mass is 334 g/mol. The lowest BCUT2D eigenvalue weighted by Gasteiger charge is -2.28. The van der Waals surface area contributed by atoms with Crippen LogP contribution in [0.2, 0.25) is 0 Å². The van der Waals surface area contributed by atoms with Gasteiger partial charge in [-0.2, -0.15) is 5.26 Å². The molecule has 1 atom stereocenters. The zero-order valence-electron chi connectivity index (χ0n) is 15.2. The Morgan fingerprint density at radius 3 is 2.62 bits per heavy atom. The number of unbranched alkanes of at least 4 members (excludes halogenated alkanes) is 3. The highest BCUT2D eigenvalue weighted by Crippen LogP contribution is 2.28. The smallest absolute Gasteiger partial charge is 0.223 e. The molecule has 0 spiro atoms. The number of likely N-dealkylation sites (tertiary alicyclic amines) is 1. The predicted octanol–water partition coefficient (Wildman–Crippen LogP) is 2.63. The molecular formula is C19H34N4O. The summed E-state index contributed by atoms with van der Waals surface area (Å²) in [5, 5.41) is 15.6. The van der Waals surface area contributed by atoms with E-state index < -0.39 is 0 Å². The van der Waals surface area contributed by atoms with E-state index in [9.17, 15) is 4.79 Å². The van der Waals surface area contributed by atoms with Gasteiger partial charge in [-0.15, -0.1) is 0 Å². The van der Waals surface area contributed by atoms with Crippen molar-refractivity contribution in [1.29, 1.82) is 5.26 Å². The van der Waals surface area contributed by atoms with Crippen LogP contribution in [-0.2, 0) is 4.79 Å². The van der Waals surface area contributed by atoms with Crippen molar-refractivity contribution in [3.8, 4) is 6.19 Å². The number of rotatable bonds is 9. The molecule has 0 aromatic rings. The van der Waals surface area contributed by atoms with E-state index in [1.165, 1.54) is 25.7 Å². The average Bonchev–Trinajstić information content (AvgIpc) is 3.06. The third kappa shape index (κ3) is 6.32. The summed E-state index contributed by atoms with van der Waals surface area (Å²) in [4.78, 5) is 14.1. The summed E-state index contributed by atoms with van der Waals surface area (Å²) in [5.41, 5.74) is 0. The first-order chi connectivity index (χ1) is 11.7. The molecule has 0 unspecified atom stereocenters. The molecule has 1 aliphatic carbocycles. The summed E-state index contributed by atoms with van der Waals surface area (Å²) in [6.07, 6.45) is 12.7. The highest BCUT2D eigenvalue weighted by Gasteiger charge is 2.29. The lowest BCUT2D eigenvalue weighted by atomic mass is 9.81. The first-order valence-electron chi connectivity index (χ1n) is 9.88. The molecule has 2 rings (SSSR count). The molecule has 5 heteroatoms. The molecule has 0 aromatic carbocycles. The van der Waals surface area contributed by atoms with Crippen molar-refractivity contribution in [1.82, 2.24) is 15.5 Å². The first-order valence-corrected chi connectivity index (χ1v) is 9.88. The Labute approximate surface area is 147 Å². The van der Waals surface area contributed by atoms with E-state index in [2.05, 4.69) is 23.8 Å². The maximum Gasteiger partial charge on any atom is 0.223 e. The van der Waals surface area contributed by atoms with Crippen molar-refractivity contribution in [3.05, 3.63) is 0 Å². The summed E-state index contributed by atoms with van der Waals surface area (Å²) in [7, 11) is 0. The highest BCUT2D eigenvalue weighted by molar-refractivity contribution is 5.79. The minimum absolute atomic E-state index is 0.166. The van der Waals surface area contributed by atoms with Crippen molar-refractivity contribution in [2.45, 2.75) is 70.8 Å². The molecule has 1 heterocycles. The van der Waals surface area contributed by atoms with Crippen molar-refractivity contribution in [3.63, 3.8) is 0 Å². The van der Waals surface area contributed by atoms with Crippen molar-refractivity contribution < 1.29 is 4.79 Å². The second kappa shape index (κ2) is 10.6. The molecule has 136 valence electrons. The number of amides is 1. The van der Waals surface area contributed by atoms with Crippen LogP contribution in [0.25, 0.3) is 0 Å². The minimum atomic E-state index is 0.166. The fraction of sp³-hybridized carbons (Fsp3) is 0.895. The molecule has 0 radical (unpaired) electrons. The van der Waals surface area contributed by atoms with Gasteiger partial charge in [-0.1, -0.05) is 26.2 Å². The summed E-state index contributed by atoms with van der Waals surface area (Å²) in [6.45, 7) is 5.95. The zero-order valence-corrected chi connectivity index (χ0v) is 15.2. The number of hydrogen-bond donors (Lipinski definition) is 2. The van der Waals surface area contributed by atoms with E-state index in [1.807, 2.05) is 0 Å². The van der Waals surface area contributed by atoms with Crippen molar-refractivity contribution >= 4 is 5.91 Å². The number of nitriles is 1. The molecule has 1 amide bonds. The topological polar surface area (TPSA) is 68.2 Å². The van der Waals surface area contributed by atoms with Gasteiger partial charge in [0, 0.05) is 25.0 Å². The van der Waals surface area contributed by atoms with E-state index in [0.717, 1.165) is 57.7 Å². The molecule has 2 aliphatic rings. The molecule has 1 saturated heterocycles. The number of carbonyl (C=O) groups is 1. The quantitative estimate of drug-likeness (QED) is 0.502. The fourth-order valence-corrected chi connectivity index (χ4v) is 3.90. The van der Waals surface area contributed by atoms with Gasteiger partial charge in [-0.25, -0.2) is 0 Å². The van der Waals surface area contributed by atoms with Crippen LogP contribution < -0.4 is 10.6 Å². The molecule has 2 N–H and O–H groups in total. The van der Waals surface area contributed by atoms with Gasteiger partial charge in [0.15, 0.2) is 6.19 Å². The number of hydrogen-bond acceptors (Lipinski definition) is 4. The molecule has 24 heavy (non-hydrogen) atoms. The number of nitrogens with zero attached hydrogens (tertiary/aromatic N) is 2. The van der Waals surface area contributed by atoms with Gasteiger partial charge in [-0.3, -0.25) is 4.79 Å². The second-order valence-corrected chi connectivity index (χ2v) is 7.52. The van der Waals surface area contributed by atoms with Crippen LogP contribution in [-0.4, -0.2) is 43.0 Å². The van der Waals surface area contributed by atoms with E-state index >= 15 is 0 Å². The van der Waals surface area contributed by atoms with E-state index in [0.29, 0.717) is 6.54 Å². The van der Waals surface area contributed by atoms with Crippen LogP contribution in [0.1, 0.15) is 64.7 Å². The van der Waals surface area contributed by atoms with Crippen LogP contribution in [0, 0.1) is 23.3 Å². The van der Waals surface area contributed by atoms with E-state index in [-0.39, 0.29) is 17.9 Å². The Kier molecular flexibility index (Phi) is 8.38. The molecule has 5 nitrogen and oxygen atoms in total. The maximum absolute atomic E-state index is 12.4. The van der Waals surface area contributed by atoms with Crippen LogP contribution in [0.15, 0.2) is 0 Å². The van der Waals surface area contributed by atoms with Gasteiger partial charge in [0.1, 0.15) is 0 Å². The molecule has 1 saturated carbocycles. The second-order valence-electron chi connectivity index (χ2n) is 7.52. The van der Waals surface area contributed by atoms with Gasteiger partial charge < -0.3 is 15.5 Å². The van der Waals surface area contributed by atoms with Crippen LogP contribution in [0.3, 0.4) is 0 Å². The molecular weight excluding hydrogens is 300 g/mol. The maximum atomic E-state index is 12.4. The van der Waals surface area contributed by atoms with Gasteiger partial charge >= 0.3 is 0 Å². The third-order valence-electron chi connectivity index (χ3n) is 5.53. The predicted molar refractivity (Wildman–Crippen MR) is 96.2 cm³/mol. The molecule has 0 aromatic heterocycles. The first kappa shape index (κ1) is 19.1. The van der Waals surface area contributed by atoms with Crippen molar-refractivity contribution in [2.24, 2.45) is 11.8 Å². The SMILES string of the molecule is CCCCCCNCC1CCC(C(=O)N[C@@H]2CCN(C#N)C2)CC1. The minimum Gasteiger partial charge on any atom is -0.351 e. The van der Waals surface area contributed by atoms with Gasteiger partial charge in [0.05, 0.1) is 0 Å². The van der Waals surface area contributed by atoms with Gasteiger partial charge in [0.25, 0.3) is 0 Å². The zero-order chi connectivity index (χ0) is 17.2. The van der Waals surface area contributed by atoms with Crippen LogP contribution in [0.5, 0.6) is 0 Å². The van der Waals surface area contributed by atoms with E-state index in [1.54, 1.807) is 4.90 Å². The Morgan fingerprint density at radius 2 is 1.96 bits per heavy atom. The largest absolute Gasteiger partial charge is 0.351 e. The standard InChI is InChI=1S/C19H34N4O/c1-2-3-4-5-11-21-13-16-6-8-17(9-7-16)19(24)22-18-10-12-23(14-18)15-20/h16-18,21H,2-14H2,1H3,(H,22,24)/t16?,17?,18-/m1/s1. The molecule has 1 aliphatic heterocycles. The summed E-state index contributed by atoms with van der Waals surface area (Å²) < 4.78 is 0. The normalized spacial score (nSPS) is 27.0. The van der Waals surface area contributed by atoms with Crippen LogP contribution >= 0.6 is 0 Å². The van der Waals surface area contributed by atoms with Gasteiger partial charge in [0.2, 0.25) is 5.91 Å².